The fourth-order valence-electron chi connectivity index (χ4n) is 2.76. The number of nitrogens with one attached hydrogen (secondary N) is 1. The Morgan fingerprint density at radius 1 is 1.52 bits per heavy atom. The van der Waals surface area contributed by atoms with Crippen molar-refractivity contribution in [1.82, 2.24) is 15.2 Å². The van der Waals surface area contributed by atoms with Gasteiger partial charge in [-0.2, -0.15) is 0 Å². The summed E-state index contributed by atoms with van der Waals surface area (Å²) < 4.78 is 0. The molecule has 152 valence electrons. The summed E-state index contributed by atoms with van der Waals surface area (Å²) in [5.41, 5.74) is 6.01. The Labute approximate surface area is 173 Å². The Hall–Kier alpha value is -3.12. The summed E-state index contributed by atoms with van der Waals surface area (Å²) in [6.45, 7) is 7.16. The van der Waals surface area contributed by atoms with Crippen molar-refractivity contribution in [3.8, 4) is 0 Å². The number of nitrogens with two attached hydrogens (primary N) is 1. The molecule has 2 aliphatic rings. The number of carbonyl (C=O) groups excluding carboxylic acids is 2. The molecule has 1 unspecified atom stereocenters. The SMILES string of the molecule is C=CCO/N=C(/C(=O)NC1C(=O)N2C(C(=O)O)=C(C=C)CS[C@H]12)c1csc(N)n1. The lowest BCUT2D eigenvalue weighted by molar-refractivity contribution is -0.150. The van der Waals surface area contributed by atoms with E-state index in [4.69, 9.17) is 10.6 Å². The summed E-state index contributed by atoms with van der Waals surface area (Å²) in [4.78, 5) is 47.1. The molecule has 0 bridgehead atoms. The van der Waals surface area contributed by atoms with Crippen molar-refractivity contribution in [3.05, 3.63) is 47.7 Å². The number of aromatic nitrogens is 1. The predicted octanol–water partition coefficient (Wildman–Crippen LogP) is 0.557. The van der Waals surface area contributed by atoms with Crippen LogP contribution in [0.5, 0.6) is 0 Å². The average Bonchev–Trinajstić information content (AvgIpc) is 3.13. The number of hydrogen-bond donors (Lipinski definition) is 3. The van der Waals surface area contributed by atoms with Gasteiger partial charge in [0.15, 0.2) is 10.8 Å². The van der Waals surface area contributed by atoms with E-state index >= 15 is 0 Å². The van der Waals surface area contributed by atoms with Crippen LogP contribution in [0.3, 0.4) is 0 Å². The van der Waals surface area contributed by atoms with E-state index in [1.165, 1.54) is 29.3 Å². The molecular formula is C17H17N5O5S2. The number of allylic oxidation sites excluding steroid dienone is 1. The second-order valence-corrected chi connectivity index (χ2v) is 7.83. The average molecular weight is 435 g/mol. The molecule has 0 radical (unpaired) electrons. The zero-order chi connectivity index (χ0) is 21.1. The molecule has 0 aliphatic carbocycles. The van der Waals surface area contributed by atoms with Crippen LogP contribution >= 0.6 is 23.1 Å². The zero-order valence-corrected chi connectivity index (χ0v) is 16.7. The van der Waals surface area contributed by atoms with E-state index in [-0.39, 0.29) is 28.8 Å². The monoisotopic (exact) mass is 435 g/mol. The molecule has 0 aromatic carbocycles. The Morgan fingerprint density at radius 3 is 2.86 bits per heavy atom. The lowest BCUT2D eigenvalue weighted by Crippen LogP contribution is -2.71. The fraction of sp³-hybridized carbons (Fsp3) is 0.235. The number of amides is 2. The van der Waals surface area contributed by atoms with Crippen molar-refractivity contribution in [2.24, 2.45) is 5.16 Å². The van der Waals surface area contributed by atoms with Crippen molar-refractivity contribution >= 4 is 51.7 Å². The number of anilines is 1. The van der Waals surface area contributed by atoms with E-state index in [0.29, 0.717) is 11.3 Å². The second kappa shape index (κ2) is 8.49. The van der Waals surface area contributed by atoms with Crippen LogP contribution in [0, 0.1) is 0 Å². The molecule has 4 N–H and O–H groups in total. The number of rotatable bonds is 8. The Bertz CT molecular complexity index is 954. The number of β-lactam (4-membered cyclic amide) rings is 1. The third-order valence-electron chi connectivity index (χ3n) is 4.06. The van der Waals surface area contributed by atoms with Crippen molar-refractivity contribution in [1.29, 1.82) is 0 Å². The van der Waals surface area contributed by atoms with E-state index < -0.39 is 29.2 Å². The first kappa shape index (κ1) is 20.6. The molecule has 0 saturated carbocycles. The molecule has 3 rings (SSSR count). The number of thiazole rings is 1. The number of hydrogen-bond acceptors (Lipinski definition) is 9. The first-order valence-corrected chi connectivity index (χ1v) is 10.2. The predicted molar refractivity (Wildman–Crippen MR) is 109 cm³/mol. The van der Waals surface area contributed by atoms with Gasteiger partial charge in [-0.05, 0) is 5.57 Å². The number of nitrogen functional groups attached to an aromatic ring is 1. The van der Waals surface area contributed by atoms with Crippen molar-refractivity contribution in [3.63, 3.8) is 0 Å². The number of carboxylic acids is 1. The van der Waals surface area contributed by atoms with Gasteiger partial charge in [-0.15, -0.1) is 23.1 Å². The number of carboxylic acid groups (broad SMARTS) is 1. The van der Waals surface area contributed by atoms with Crippen molar-refractivity contribution in [2.45, 2.75) is 11.4 Å². The number of oxime groups is 1. The van der Waals surface area contributed by atoms with E-state index in [1.807, 2.05) is 0 Å². The quantitative estimate of drug-likeness (QED) is 0.176. The van der Waals surface area contributed by atoms with Gasteiger partial charge in [0.1, 0.15) is 29.4 Å². The Morgan fingerprint density at radius 2 is 2.28 bits per heavy atom. The molecule has 1 fully saturated rings. The van der Waals surface area contributed by atoms with Crippen LogP contribution in [-0.2, 0) is 19.2 Å². The van der Waals surface area contributed by atoms with E-state index in [2.05, 4.69) is 28.6 Å². The Balaban J connectivity index is 1.80. The summed E-state index contributed by atoms with van der Waals surface area (Å²) in [5.74, 6) is -2.08. The largest absolute Gasteiger partial charge is 0.477 e. The van der Waals surface area contributed by atoms with Crippen LogP contribution in [0.15, 0.2) is 47.1 Å². The molecule has 1 aromatic heterocycles. The van der Waals surface area contributed by atoms with Crippen molar-refractivity contribution < 1.29 is 24.3 Å². The normalized spacial score (nSPS) is 21.2. The lowest BCUT2D eigenvalue weighted by atomic mass is 10.0. The Kier molecular flexibility index (Phi) is 6.03. The highest BCUT2D eigenvalue weighted by Gasteiger charge is 2.54. The molecule has 29 heavy (non-hydrogen) atoms. The van der Waals surface area contributed by atoms with E-state index in [0.717, 1.165) is 16.2 Å². The summed E-state index contributed by atoms with van der Waals surface area (Å²) >= 11 is 2.46. The highest BCUT2D eigenvalue weighted by molar-refractivity contribution is 8.00. The molecule has 2 aliphatic heterocycles. The molecule has 0 spiro atoms. The van der Waals surface area contributed by atoms with Crippen LogP contribution in [0.2, 0.25) is 0 Å². The molecular weight excluding hydrogens is 418 g/mol. The van der Waals surface area contributed by atoms with Gasteiger partial charge in [0.25, 0.3) is 11.8 Å². The van der Waals surface area contributed by atoms with Gasteiger partial charge in [-0.1, -0.05) is 30.5 Å². The third-order valence-corrected chi connectivity index (χ3v) is 6.04. The fourth-order valence-corrected chi connectivity index (χ4v) is 4.65. The summed E-state index contributed by atoms with van der Waals surface area (Å²) in [6, 6.07) is -0.909. The molecule has 3 heterocycles. The molecule has 1 aromatic rings. The van der Waals surface area contributed by atoms with Crippen LogP contribution in [0.25, 0.3) is 0 Å². The van der Waals surface area contributed by atoms with Crippen molar-refractivity contribution in [2.75, 3.05) is 18.1 Å². The maximum Gasteiger partial charge on any atom is 0.352 e. The topological polar surface area (TPSA) is 147 Å². The maximum atomic E-state index is 12.8. The molecule has 1 saturated heterocycles. The van der Waals surface area contributed by atoms with Gasteiger partial charge in [0, 0.05) is 11.1 Å². The van der Waals surface area contributed by atoms with Gasteiger partial charge in [-0.3, -0.25) is 14.5 Å². The van der Waals surface area contributed by atoms with Gasteiger partial charge in [-0.25, -0.2) is 9.78 Å². The maximum absolute atomic E-state index is 12.8. The number of aliphatic carboxylic acids is 1. The molecule has 12 heteroatoms. The number of fused-ring (bicyclic) bond motifs is 1. The zero-order valence-electron chi connectivity index (χ0n) is 15.0. The summed E-state index contributed by atoms with van der Waals surface area (Å²) in [5, 5.41) is 17.1. The van der Waals surface area contributed by atoms with Crippen LogP contribution in [0.1, 0.15) is 5.69 Å². The first-order valence-electron chi connectivity index (χ1n) is 8.25. The third kappa shape index (κ3) is 3.89. The van der Waals surface area contributed by atoms with Gasteiger partial charge < -0.3 is 21.0 Å². The minimum absolute atomic E-state index is 0.0715. The first-order chi connectivity index (χ1) is 13.9. The van der Waals surface area contributed by atoms with Crippen LogP contribution in [0.4, 0.5) is 5.13 Å². The van der Waals surface area contributed by atoms with E-state index in [9.17, 15) is 19.5 Å². The van der Waals surface area contributed by atoms with Crippen LogP contribution in [-0.4, -0.2) is 62.3 Å². The lowest BCUT2D eigenvalue weighted by Gasteiger charge is -2.49. The van der Waals surface area contributed by atoms with Gasteiger partial charge >= 0.3 is 5.97 Å². The van der Waals surface area contributed by atoms with Gasteiger partial charge in [0.05, 0.1) is 0 Å². The van der Waals surface area contributed by atoms with Gasteiger partial charge in [0.2, 0.25) is 0 Å². The molecule has 2 atom stereocenters. The summed E-state index contributed by atoms with van der Waals surface area (Å²) in [6.07, 6.45) is 2.87. The minimum atomic E-state index is -1.22. The van der Waals surface area contributed by atoms with Crippen LogP contribution < -0.4 is 11.1 Å². The highest BCUT2D eigenvalue weighted by Crippen LogP contribution is 2.40. The number of carbonyl (C=O) groups is 3. The standard InChI is InChI=1S/C17H17N5O5S2/c1-3-5-27-21-10(9-7-29-17(18)19-9)13(23)20-11-14(24)22-12(16(25)26)8(4-2)6-28-15(11)22/h3-4,7,11,15H,1-2,5-6H2,(H2,18,19)(H,20,23)(H,25,26)/b21-10+/t11?,15-/m1/s1. The van der Waals surface area contributed by atoms with E-state index in [1.54, 1.807) is 0 Å². The second-order valence-electron chi connectivity index (χ2n) is 5.84. The molecule has 2 amide bonds. The number of nitrogens with zero attached hydrogens (tertiary/aromatic N) is 3. The minimum Gasteiger partial charge on any atom is -0.477 e. The molecule has 10 nitrogen and oxygen atoms in total. The smallest absolute Gasteiger partial charge is 0.352 e. The highest BCUT2D eigenvalue weighted by atomic mass is 32.2. The summed E-state index contributed by atoms with van der Waals surface area (Å²) in [7, 11) is 0. The number of thioether (sulfide) groups is 1.